The number of hydrogen-bond acceptors (Lipinski definition) is 2. The van der Waals surface area contributed by atoms with Crippen LogP contribution < -0.4 is 0 Å². The third-order valence-corrected chi connectivity index (χ3v) is 2.00. The Balaban J connectivity index is -0.000000255. The molecule has 0 unspecified atom stereocenters. The van der Waals surface area contributed by atoms with E-state index in [4.69, 9.17) is 0 Å². The van der Waals surface area contributed by atoms with Crippen molar-refractivity contribution in [3.05, 3.63) is 105 Å². The Morgan fingerprint density at radius 1 is 1.00 bits per heavy atom. The number of esters is 1. The fraction of sp³-hybridized carbons (Fsp3) is 0.136. The van der Waals surface area contributed by atoms with Crippen LogP contribution in [0.3, 0.4) is 0 Å². The molecule has 0 aliphatic heterocycles. The molecule has 0 radical (unpaired) electrons. The average Bonchev–Trinajstić information content (AvgIpc) is 2.63. The van der Waals surface area contributed by atoms with Gasteiger partial charge in [0.1, 0.15) is 0 Å². The Morgan fingerprint density at radius 3 is 1.62 bits per heavy atom. The highest BCUT2D eigenvalue weighted by molar-refractivity contribution is 5.81. The maximum absolute atomic E-state index is 10.1. The van der Waals surface area contributed by atoms with Gasteiger partial charge in [-0.3, -0.25) is 0 Å². The second kappa shape index (κ2) is 22.4. The monoisotopic (exact) mass is 326 g/mol. The van der Waals surface area contributed by atoms with E-state index in [-0.39, 0.29) is 5.97 Å². The first-order valence-corrected chi connectivity index (χ1v) is 7.41. The van der Waals surface area contributed by atoms with Gasteiger partial charge in [-0.1, -0.05) is 99.7 Å². The predicted octanol–water partition coefficient (Wildman–Crippen LogP) is 6.17. The van der Waals surface area contributed by atoms with Crippen LogP contribution in [-0.2, 0) is 9.53 Å². The van der Waals surface area contributed by atoms with E-state index >= 15 is 0 Å². The highest BCUT2D eigenvalue weighted by Crippen LogP contribution is 1.97. The van der Waals surface area contributed by atoms with Crippen LogP contribution in [0.1, 0.15) is 19.4 Å². The molecular formula is C22H30O2. The first-order chi connectivity index (χ1) is 11.4. The molecule has 0 saturated heterocycles. The number of rotatable bonds is 5. The van der Waals surface area contributed by atoms with Crippen LogP contribution in [0.4, 0.5) is 0 Å². The summed E-state index contributed by atoms with van der Waals surface area (Å²) >= 11 is 0. The molecule has 0 bridgehead atoms. The normalized spacial score (nSPS) is 7.25. The molecule has 0 heterocycles. The zero-order valence-electron chi connectivity index (χ0n) is 15.0. The quantitative estimate of drug-likeness (QED) is 0.367. The van der Waals surface area contributed by atoms with E-state index in [0.717, 1.165) is 11.6 Å². The molecular weight excluding hydrogens is 296 g/mol. The summed E-state index contributed by atoms with van der Waals surface area (Å²) in [6.07, 6.45) is 7.98. The molecule has 0 N–H and O–H groups in total. The SMILES string of the molecule is C=CC(=C)C.C=CC(=O)OCC.C=CC=C.C=Cc1ccccc1. The lowest BCUT2D eigenvalue weighted by Crippen LogP contribution is -1.97. The van der Waals surface area contributed by atoms with Crippen molar-refractivity contribution in [2.24, 2.45) is 0 Å². The van der Waals surface area contributed by atoms with Crippen molar-refractivity contribution >= 4 is 12.0 Å². The molecule has 130 valence electrons. The van der Waals surface area contributed by atoms with E-state index in [1.54, 1.807) is 25.2 Å². The van der Waals surface area contributed by atoms with Gasteiger partial charge in [-0.15, -0.1) is 0 Å². The lowest BCUT2D eigenvalue weighted by atomic mass is 10.2. The van der Waals surface area contributed by atoms with Crippen molar-refractivity contribution < 1.29 is 9.53 Å². The summed E-state index contributed by atoms with van der Waals surface area (Å²) in [4.78, 5) is 10.1. The number of ether oxygens (including phenoxy) is 1. The Kier molecular flexibility index (Phi) is 24.3. The Labute approximate surface area is 147 Å². The smallest absolute Gasteiger partial charge is 0.330 e. The average molecular weight is 326 g/mol. The Hall–Kier alpha value is -2.87. The second-order valence-corrected chi connectivity index (χ2v) is 4.09. The summed E-state index contributed by atoms with van der Waals surface area (Å²) in [5, 5.41) is 0. The molecule has 0 spiro atoms. The van der Waals surface area contributed by atoms with E-state index in [1.807, 2.05) is 43.3 Å². The van der Waals surface area contributed by atoms with Crippen molar-refractivity contribution in [1.29, 1.82) is 0 Å². The van der Waals surface area contributed by atoms with E-state index in [1.165, 1.54) is 5.56 Å². The molecule has 2 heteroatoms. The fourth-order valence-corrected chi connectivity index (χ4v) is 0.790. The van der Waals surface area contributed by atoms with Crippen LogP contribution in [0.15, 0.2) is 99.7 Å². The van der Waals surface area contributed by atoms with Gasteiger partial charge in [0.15, 0.2) is 0 Å². The van der Waals surface area contributed by atoms with Crippen molar-refractivity contribution in [3.63, 3.8) is 0 Å². The van der Waals surface area contributed by atoms with Crippen LogP contribution in [-0.4, -0.2) is 12.6 Å². The van der Waals surface area contributed by atoms with Gasteiger partial charge in [0.05, 0.1) is 6.61 Å². The molecule has 0 saturated carbocycles. The van der Waals surface area contributed by atoms with Gasteiger partial charge >= 0.3 is 5.97 Å². The second-order valence-electron chi connectivity index (χ2n) is 4.09. The maximum Gasteiger partial charge on any atom is 0.330 e. The molecule has 0 amide bonds. The minimum absolute atomic E-state index is 0.359. The van der Waals surface area contributed by atoms with Crippen LogP contribution >= 0.6 is 0 Å². The third-order valence-electron chi connectivity index (χ3n) is 2.00. The maximum atomic E-state index is 10.1. The molecule has 0 aromatic heterocycles. The Bertz CT molecular complexity index is 490. The van der Waals surface area contributed by atoms with Crippen molar-refractivity contribution in [2.45, 2.75) is 13.8 Å². The van der Waals surface area contributed by atoms with Gasteiger partial charge < -0.3 is 4.74 Å². The molecule has 0 aliphatic carbocycles. The minimum atomic E-state index is -0.359. The molecule has 0 fully saturated rings. The van der Waals surface area contributed by atoms with Gasteiger partial charge in [0, 0.05) is 6.08 Å². The van der Waals surface area contributed by atoms with E-state index in [0.29, 0.717) is 6.61 Å². The number of hydrogen-bond donors (Lipinski definition) is 0. The topological polar surface area (TPSA) is 26.3 Å². The summed E-state index contributed by atoms with van der Waals surface area (Å²) in [6.45, 7) is 24.7. The van der Waals surface area contributed by atoms with Gasteiger partial charge in [0.2, 0.25) is 0 Å². The van der Waals surface area contributed by atoms with Crippen molar-refractivity contribution in [3.8, 4) is 0 Å². The molecule has 1 rings (SSSR count). The zero-order chi connectivity index (χ0) is 19.2. The lowest BCUT2D eigenvalue weighted by Gasteiger charge is -1.90. The largest absolute Gasteiger partial charge is 0.463 e. The molecule has 2 nitrogen and oxygen atoms in total. The summed E-state index contributed by atoms with van der Waals surface area (Å²) in [5.74, 6) is -0.359. The van der Waals surface area contributed by atoms with Crippen molar-refractivity contribution in [2.75, 3.05) is 6.61 Å². The van der Waals surface area contributed by atoms with Crippen LogP contribution in [0.5, 0.6) is 0 Å². The Morgan fingerprint density at radius 2 is 1.46 bits per heavy atom. The fourth-order valence-electron chi connectivity index (χ4n) is 0.790. The molecule has 24 heavy (non-hydrogen) atoms. The lowest BCUT2D eigenvalue weighted by molar-refractivity contribution is -0.137. The number of benzene rings is 1. The van der Waals surface area contributed by atoms with Crippen LogP contribution in [0.2, 0.25) is 0 Å². The van der Waals surface area contributed by atoms with Crippen LogP contribution in [0, 0.1) is 0 Å². The molecule has 0 atom stereocenters. The number of carbonyl (C=O) groups is 1. The highest BCUT2D eigenvalue weighted by Gasteiger charge is 1.86. The number of allylic oxidation sites excluding steroid dienone is 4. The highest BCUT2D eigenvalue weighted by atomic mass is 16.5. The van der Waals surface area contributed by atoms with E-state index < -0.39 is 0 Å². The first-order valence-electron chi connectivity index (χ1n) is 7.41. The van der Waals surface area contributed by atoms with Gasteiger partial charge in [-0.2, -0.15) is 0 Å². The summed E-state index contributed by atoms with van der Waals surface area (Å²) in [5.41, 5.74) is 2.19. The summed E-state index contributed by atoms with van der Waals surface area (Å²) < 4.78 is 4.43. The van der Waals surface area contributed by atoms with E-state index in [9.17, 15) is 4.79 Å². The van der Waals surface area contributed by atoms with Gasteiger partial charge in [-0.25, -0.2) is 4.79 Å². The molecule has 1 aromatic rings. The van der Waals surface area contributed by atoms with E-state index in [2.05, 4.69) is 44.2 Å². The standard InChI is InChI=1S/C8H8.C5H8O2.C5H8.C4H6/c1-2-8-6-4-3-5-7-8;1-3-5(6)7-4-2;1-4-5(2)3;1-3-4-2/h2-7H,1H2;3H,1,4H2,2H3;4H,1-2H2,3H3;3-4H,1-2H2. The van der Waals surface area contributed by atoms with Crippen molar-refractivity contribution in [1.82, 2.24) is 0 Å². The first kappa shape index (κ1) is 26.0. The predicted molar refractivity (Wildman–Crippen MR) is 109 cm³/mol. The van der Waals surface area contributed by atoms with Gasteiger partial charge in [0.25, 0.3) is 0 Å². The summed E-state index contributed by atoms with van der Waals surface area (Å²) in [7, 11) is 0. The van der Waals surface area contributed by atoms with Crippen LogP contribution in [0.25, 0.3) is 6.08 Å². The zero-order valence-corrected chi connectivity index (χ0v) is 15.0. The third kappa shape index (κ3) is 27.5. The minimum Gasteiger partial charge on any atom is -0.463 e. The number of carbonyl (C=O) groups excluding carboxylic acids is 1. The summed E-state index contributed by atoms with van der Waals surface area (Å²) in [6, 6.07) is 10.0. The van der Waals surface area contributed by atoms with Gasteiger partial charge in [-0.05, 0) is 19.4 Å². The molecule has 1 aromatic carbocycles. The molecule has 0 aliphatic rings.